The maximum atomic E-state index is 11.2. The second-order valence-corrected chi connectivity index (χ2v) is 3.61. The van der Waals surface area contributed by atoms with Crippen molar-refractivity contribution in [2.45, 2.75) is 12.8 Å². The SMILES string of the molecule is COCCOCCCCNC(=O)C(=O)NCCN. The van der Waals surface area contributed by atoms with E-state index in [0.717, 1.165) is 12.8 Å². The Morgan fingerprint density at radius 3 is 2.28 bits per heavy atom. The molecule has 18 heavy (non-hydrogen) atoms. The zero-order valence-corrected chi connectivity index (χ0v) is 10.9. The van der Waals surface area contributed by atoms with Gasteiger partial charge >= 0.3 is 11.8 Å². The van der Waals surface area contributed by atoms with Gasteiger partial charge in [0.25, 0.3) is 0 Å². The van der Waals surface area contributed by atoms with Gasteiger partial charge in [0, 0.05) is 33.4 Å². The Morgan fingerprint density at radius 2 is 1.67 bits per heavy atom. The van der Waals surface area contributed by atoms with Gasteiger partial charge in [-0.1, -0.05) is 0 Å². The first-order valence-electron chi connectivity index (χ1n) is 6.05. The van der Waals surface area contributed by atoms with E-state index in [0.29, 0.717) is 39.5 Å². The normalized spacial score (nSPS) is 10.1. The van der Waals surface area contributed by atoms with Gasteiger partial charge in [-0.15, -0.1) is 0 Å². The fraction of sp³-hybridized carbons (Fsp3) is 0.818. The van der Waals surface area contributed by atoms with Gasteiger partial charge in [-0.25, -0.2) is 0 Å². The highest BCUT2D eigenvalue weighted by Gasteiger charge is 2.10. The lowest BCUT2D eigenvalue weighted by Crippen LogP contribution is -2.41. The van der Waals surface area contributed by atoms with Crippen molar-refractivity contribution in [3.63, 3.8) is 0 Å². The van der Waals surface area contributed by atoms with Crippen LogP contribution >= 0.6 is 0 Å². The number of nitrogens with two attached hydrogens (primary N) is 1. The molecule has 0 fully saturated rings. The Balaban J connectivity index is 3.32. The molecule has 0 aromatic carbocycles. The summed E-state index contributed by atoms with van der Waals surface area (Å²) in [4.78, 5) is 22.3. The van der Waals surface area contributed by atoms with Gasteiger partial charge in [0.05, 0.1) is 13.2 Å². The summed E-state index contributed by atoms with van der Waals surface area (Å²) >= 11 is 0. The molecule has 0 rings (SSSR count). The summed E-state index contributed by atoms with van der Waals surface area (Å²) in [6.45, 7) is 2.86. The Labute approximate surface area is 107 Å². The fourth-order valence-corrected chi connectivity index (χ4v) is 1.12. The first-order valence-corrected chi connectivity index (χ1v) is 6.05. The van der Waals surface area contributed by atoms with Gasteiger partial charge in [0.15, 0.2) is 0 Å². The van der Waals surface area contributed by atoms with Crippen molar-refractivity contribution in [3.8, 4) is 0 Å². The van der Waals surface area contributed by atoms with Crippen molar-refractivity contribution < 1.29 is 19.1 Å². The second-order valence-electron chi connectivity index (χ2n) is 3.61. The third-order valence-electron chi connectivity index (χ3n) is 2.07. The number of methoxy groups -OCH3 is 1. The largest absolute Gasteiger partial charge is 0.382 e. The first-order chi connectivity index (χ1) is 8.72. The Hall–Kier alpha value is -1.18. The van der Waals surface area contributed by atoms with E-state index in [1.54, 1.807) is 7.11 Å². The monoisotopic (exact) mass is 261 g/mol. The highest BCUT2D eigenvalue weighted by molar-refractivity contribution is 6.35. The summed E-state index contributed by atoms with van der Waals surface area (Å²) in [6, 6.07) is 0. The van der Waals surface area contributed by atoms with Crippen LogP contribution in [0.3, 0.4) is 0 Å². The Bertz CT molecular complexity index is 236. The minimum absolute atomic E-state index is 0.305. The lowest BCUT2D eigenvalue weighted by atomic mass is 10.3. The molecule has 0 aromatic rings. The summed E-state index contributed by atoms with van der Waals surface area (Å²) in [5.41, 5.74) is 5.20. The van der Waals surface area contributed by atoms with E-state index < -0.39 is 11.8 Å². The van der Waals surface area contributed by atoms with Crippen LogP contribution < -0.4 is 16.4 Å². The number of amides is 2. The smallest absolute Gasteiger partial charge is 0.309 e. The number of carbonyl (C=O) groups excluding carboxylic acids is 2. The molecule has 0 aliphatic heterocycles. The Morgan fingerprint density at radius 1 is 1.00 bits per heavy atom. The lowest BCUT2D eigenvalue weighted by Gasteiger charge is -2.06. The Kier molecular flexibility index (Phi) is 11.5. The number of nitrogens with one attached hydrogen (secondary N) is 2. The number of hydrogen-bond acceptors (Lipinski definition) is 5. The van der Waals surface area contributed by atoms with Crippen LogP contribution in [0.2, 0.25) is 0 Å². The van der Waals surface area contributed by atoms with Gasteiger partial charge in [-0.2, -0.15) is 0 Å². The van der Waals surface area contributed by atoms with Crippen LogP contribution in [0.25, 0.3) is 0 Å². The molecule has 0 aliphatic carbocycles. The molecule has 4 N–H and O–H groups in total. The molecule has 106 valence electrons. The van der Waals surface area contributed by atoms with Crippen LogP contribution in [0, 0.1) is 0 Å². The van der Waals surface area contributed by atoms with Crippen LogP contribution in [0.5, 0.6) is 0 Å². The molecule has 7 nitrogen and oxygen atoms in total. The van der Waals surface area contributed by atoms with Crippen molar-refractivity contribution in [2.24, 2.45) is 5.73 Å². The highest BCUT2D eigenvalue weighted by atomic mass is 16.5. The molecule has 2 amide bonds. The van der Waals surface area contributed by atoms with Crippen LogP contribution in [0.4, 0.5) is 0 Å². The van der Waals surface area contributed by atoms with Crippen molar-refractivity contribution in [3.05, 3.63) is 0 Å². The molecule has 0 spiro atoms. The second kappa shape index (κ2) is 12.3. The number of carbonyl (C=O) groups is 2. The average Bonchev–Trinajstić information content (AvgIpc) is 2.38. The summed E-state index contributed by atoms with van der Waals surface area (Å²) in [7, 11) is 1.62. The highest BCUT2D eigenvalue weighted by Crippen LogP contribution is 1.88. The van der Waals surface area contributed by atoms with Crippen molar-refractivity contribution >= 4 is 11.8 Å². The van der Waals surface area contributed by atoms with Gasteiger partial charge < -0.3 is 25.8 Å². The maximum absolute atomic E-state index is 11.2. The number of rotatable bonds is 10. The summed E-state index contributed by atoms with van der Waals surface area (Å²) in [5.74, 6) is -1.26. The predicted octanol–water partition coefficient (Wildman–Crippen LogP) is -1.38. The molecule has 0 unspecified atom stereocenters. The topological polar surface area (TPSA) is 103 Å². The number of unbranched alkanes of at least 4 members (excludes halogenated alkanes) is 1. The molecule has 0 heterocycles. The van der Waals surface area contributed by atoms with Crippen LogP contribution in [0.15, 0.2) is 0 Å². The lowest BCUT2D eigenvalue weighted by molar-refractivity contribution is -0.139. The fourth-order valence-electron chi connectivity index (χ4n) is 1.12. The molecule has 0 aromatic heterocycles. The predicted molar refractivity (Wildman–Crippen MR) is 67.0 cm³/mol. The van der Waals surface area contributed by atoms with Crippen molar-refractivity contribution in [2.75, 3.05) is 46.6 Å². The van der Waals surface area contributed by atoms with Crippen LogP contribution in [0.1, 0.15) is 12.8 Å². The van der Waals surface area contributed by atoms with E-state index in [9.17, 15) is 9.59 Å². The zero-order chi connectivity index (χ0) is 13.6. The van der Waals surface area contributed by atoms with E-state index in [-0.39, 0.29) is 0 Å². The van der Waals surface area contributed by atoms with E-state index in [1.807, 2.05) is 0 Å². The van der Waals surface area contributed by atoms with Gasteiger partial charge in [0.2, 0.25) is 0 Å². The van der Waals surface area contributed by atoms with E-state index >= 15 is 0 Å². The third-order valence-corrected chi connectivity index (χ3v) is 2.07. The molecule has 7 heteroatoms. The molecule has 0 saturated carbocycles. The van der Waals surface area contributed by atoms with Gasteiger partial charge in [0.1, 0.15) is 0 Å². The number of ether oxygens (including phenoxy) is 2. The summed E-state index contributed by atoms with van der Waals surface area (Å²) < 4.78 is 10.1. The standard InChI is InChI=1S/C11H23N3O4/c1-17-8-9-18-7-3-2-5-13-10(15)11(16)14-6-4-12/h2-9,12H2,1H3,(H,13,15)(H,14,16). The zero-order valence-electron chi connectivity index (χ0n) is 10.9. The molecule has 0 radical (unpaired) electrons. The quantitative estimate of drug-likeness (QED) is 0.332. The van der Waals surface area contributed by atoms with Gasteiger partial charge in [-0.05, 0) is 12.8 Å². The number of hydrogen-bond donors (Lipinski definition) is 3. The van der Waals surface area contributed by atoms with Crippen LogP contribution in [-0.2, 0) is 19.1 Å². The summed E-state index contributed by atoms with van der Waals surface area (Å²) in [5, 5.41) is 4.91. The summed E-state index contributed by atoms with van der Waals surface area (Å²) in [6.07, 6.45) is 1.59. The maximum Gasteiger partial charge on any atom is 0.309 e. The van der Waals surface area contributed by atoms with Crippen LogP contribution in [-0.4, -0.2) is 58.4 Å². The minimum Gasteiger partial charge on any atom is -0.382 e. The van der Waals surface area contributed by atoms with E-state index in [4.69, 9.17) is 15.2 Å². The first kappa shape index (κ1) is 16.8. The van der Waals surface area contributed by atoms with Gasteiger partial charge in [-0.3, -0.25) is 9.59 Å². The molecule has 0 saturated heterocycles. The molecule has 0 aliphatic rings. The molecular formula is C11H23N3O4. The molecule has 0 bridgehead atoms. The third kappa shape index (κ3) is 10.0. The molecular weight excluding hydrogens is 238 g/mol. The van der Waals surface area contributed by atoms with E-state index in [1.165, 1.54) is 0 Å². The van der Waals surface area contributed by atoms with E-state index in [2.05, 4.69) is 10.6 Å². The van der Waals surface area contributed by atoms with Crippen molar-refractivity contribution in [1.82, 2.24) is 10.6 Å². The average molecular weight is 261 g/mol. The molecule has 0 atom stereocenters. The minimum atomic E-state index is -0.642. The van der Waals surface area contributed by atoms with Crippen molar-refractivity contribution in [1.29, 1.82) is 0 Å².